The van der Waals surface area contributed by atoms with Gasteiger partial charge in [-0.05, 0) is 191 Å². The molecule has 0 radical (unpaired) electrons. The van der Waals surface area contributed by atoms with Gasteiger partial charge in [0.15, 0.2) is 0 Å². The molecule has 0 amide bonds. The van der Waals surface area contributed by atoms with Crippen LogP contribution in [0.5, 0.6) is 0 Å². The summed E-state index contributed by atoms with van der Waals surface area (Å²) in [5.74, 6) is 0. The highest BCUT2D eigenvalue weighted by atomic mass is 14.4. The van der Waals surface area contributed by atoms with Crippen LogP contribution in [0.25, 0.3) is 132 Å². The summed E-state index contributed by atoms with van der Waals surface area (Å²) in [7, 11) is 0. The fourth-order valence-electron chi connectivity index (χ4n) is 13.2. The van der Waals surface area contributed by atoms with E-state index in [2.05, 4.69) is 246 Å². The lowest BCUT2D eigenvalue weighted by molar-refractivity contribution is 0.660. The molecule has 12 aromatic rings. The molecule has 0 bridgehead atoms. The molecule has 0 spiro atoms. The first-order chi connectivity index (χ1) is 34.2. The minimum atomic E-state index is -0.194. The Bertz CT molecular complexity index is 4020. The van der Waals surface area contributed by atoms with Crippen LogP contribution in [-0.2, 0) is 10.8 Å². The Balaban J connectivity index is 0.901. The van der Waals surface area contributed by atoms with Crippen LogP contribution in [-0.4, -0.2) is 0 Å². The first kappa shape index (κ1) is 39.7. The van der Waals surface area contributed by atoms with Crippen LogP contribution in [0.15, 0.2) is 218 Å². The van der Waals surface area contributed by atoms with Gasteiger partial charge in [0.05, 0.1) is 0 Å². The van der Waals surface area contributed by atoms with E-state index in [9.17, 15) is 0 Å². The van der Waals surface area contributed by atoms with Gasteiger partial charge in [-0.1, -0.05) is 210 Å². The molecule has 0 saturated heterocycles. The van der Waals surface area contributed by atoms with Crippen molar-refractivity contribution in [3.63, 3.8) is 0 Å². The van der Waals surface area contributed by atoms with Crippen LogP contribution in [0.3, 0.4) is 0 Å². The van der Waals surface area contributed by atoms with E-state index < -0.39 is 0 Å². The van der Waals surface area contributed by atoms with Crippen molar-refractivity contribution in [1.29, 1.82) is 0 Å². The molecule has 0 aromatic heterocycles. The second-order valence-electron chi connectivity index (χ2n) is 21.2. The van der Waals surface area contributed by atoms with Crippen molar-refractivity contribution in [2.75, 3.05) is 0 Å². The summed E-state index contributed by atoms with van der Waals surface area (Å²) in [5.41, 5.74) is 26.1. The molecule has 0 fully saturated rings. The Kier molecular flexibility index (Phi) is 8.00. The summed E-state index contributed by atoms with van der Waals surface area (Å²) >= 11 is 0. The smallest absolute Gasteiger partial charge is 0.0159 e. The summed E-state index contributed by atoms with van der Waals surface area (Å²) in [6.07, 6.45) is 0. The lowest BCUT2D eigenvalue weighted by atomic mass is 9.78. The van der Waals surface area contributed by atoms with Crippen LogP contribution in [0.1, 0.15) is 49.9 Å². The number of benzene rings is 12. The quantitative estimate of drug-likeness (QED) is 0.165. The highest BCUT2D eigenvalue weighted by molar-refractivity contribution is 6.27. The summed E-state index contributed by atoms with van der Waals surface area (Å²) in [4.78, 5) is 0. The van der Waals surface area contributed by atoms with Crippen molar-refractivity contribution in [1.82, 2.24) is 0 Å². The molecule has 0 heterocycles. The second kappa shape index (κ2) is 14.1. The van der Waals surface area contributed by atoms with Crippen LogP contribution < -0.4 is 0 Å². The molecule has 0 unspecified atom stereocenters. The van der Waals surface area contributed by atoms with Gasteiger partial charge in [0, 0.05) is 10.8 Å². The van der Waals surface area contributed by atoms with E-state index in [0.717, 1.165) is 0 Å². The van der Waals surface area contributed by atoms with Gasteiger partial charge in [-0.25, -0.2) is 0 Å². The van der Waals surface area contributed by atoms with Crippen molar-refractivity contribution in [3.8, 4) is 89.0 Å². The topological polar surface area (TPSA) is 0 Å². The molecule has 15 rings (SSSR count). The largest absolute Gasteiger partial charge is 0.0616 e. The molecule has 0 N–H and O–H groups in total. The fourth-order valence-corrected chi connectivity index (χ4v) is 13.2. The molecule has 328 valence electrons. The minimum Gasteiger partial charge on any atom is -0.0616 e. The van der Waals surface area contributed by atoms with E-state index in [1.165, 1.54) is 154 Å². The van der Waals surface area contributed by atoms with Gasteiger partial charge in [0.25, 0.3) is 0 Å². The predicted molar refractivity (Wildman–Crippen MR) is 298 cm³/mol. The van der Waals surface area contributed by atoms with E-state index in [4.69, 9.17) is 0 Å². The van der Waals surface area contributed by atoms with Crippen molar-refractivity contribution in [3.05, 3.63) is 241 Å². The molecule has 3 aliphatic carbocycles. The lowest BCUT2D eigenvalue weighted by Crippen LogP contribution is -2.15. The maximum Gasteiger partial charge on any atom is 0.0159 e. The van der Waals surface area contributed by atoms with Gasteiger partial charge in [-0.3, -0.25) is 0 Å². The van der Waals surface area contributed by atoms with Crippen molar-refractivity contribution in [2.45, 2.75) is 38.5 Å². The first-order valence-corrected chi connectivity index (χ1v) is 24.9. The number of hydrogen-bond acceptors (Lipinski definition) is 0. The van der Waals surface area contributed by atoms with E-state index in [1.807, 2.05) is 0 Å². The van der Waals surface area contributed by atoms with E-state index in [1.54, 1.807) is 0 Å². The van der Waals surface area contributed by atoms with Gasteiger partial charge >= 0.3 is 0 Å². The van der Waals surface area contributed by atoms with E-state index >= 15 is 0 Å². The standard InChI is InChI=1S/C70H48/c1-69(2)60-37-48(46-25-23-41-13-5-7-15-44(41)35-46)27-31-52(60)54-33-29-50(39-62(54)69)65-56-19-9-10-20-57(56)66(68-59-22-12-18-43-17-11-21-58(64(43)59)67(65)68)51-30-34-55-53-32-28-49(38-61(53)70(3,4)63(55)40-51)47-26-24-42-14-6-8-16-45(42)36-47/h5-40H,1-4H3. The van der Waals surface area contributed by atoms with Crippen LogP contribution in [0.2, 0.25) is 0 Å². The second-order valence-corrected chi connectivity index (χ2v) is 21.2. The number of rotatable bonds is 4. The summed E-state index contributed by atoms with van der Waals surface area (Å²) in [6, 6.07) is 83.1. The zero-order valence-corrected chi connectivity index (χ0v) is 39.8. The minimum absolute atomic E-state index is 0.194. The van der Waals surface area contributed by atoms with Crippen LogP contribution in [0.4, 0.5) is 0 Å². The third kappa shape index (κ3) is 5.42. The van der Waals surface area contributed by atoms with E-state index in [-0.39, 0.29) is 10.8 Å². The van der Waals surface area contributed by atoms with Crippen molar-refractivity contribution >= 4 is 43.1 Å². The zero-order chi connectivity index (χ0) is 46.6. The molecule has 3 aliphatic rings. The molecule has 0 aliphatic heterocycles. The third-order valence-electron chi connectivity index (χ3n) is 16.8. The molecule has 70 heavy (non-hydrogen) atoms. The molecule has 0 saturated carbocycles. The van der Waals surface area contributed by atoms with Crippen LogP contribution in [0, 0.1) is 0 Å². The molecule has 0 atom stereocenters. The molecular formula is C70H48. The summed E-state index contributed by atoms with van der Waals surface area (Å²) in [6.45, 7) is 9.69. The van der Waals surface area contributed by atoms with Gasteiger partial charge in [0.2, 0.25) is 0 Å². The number of hydrogen-bond donors (Lipinski definition) is 0. The Hall–Kier alpha value is -8.32. The van der Waals surface area contributed by atoms with Gasteiger partial charge < -0.3 is 0 Å². The first-order valence-electron chi connectivity index (χ1n) is 24.9. The normalized spacial score (nSPS) is 14.2. The summed E-state index contributed by atoms with van der Waals surface area (Å²) < 4.78 is 0. The Morgan fingerprint density at radius 3 is 0.986 bits per heavy atom. The van der Waals surface area contributed by atoms with Gasteiger partial charge in [-0.2, -0.15) is 0 Å². The Labute approximate surface area is 409 Å². The van der Waals surface area contributed by atoms with Gasteiger partial charge in [-0.15, -0.1) is 0 Å². The SMILES string of the molecule is CC1(C)c2cc(-c3ccc4ccccc4c3)ccc2-c2ccc(-c3c4c(c(-c5ccc6c(c5)C(C)(C)c5cc(-c7ccc8ccccc8c7)ccc5-6)c5ccccc35)-c3cccc5cccc-4c35)cc21. The summed E-state index contributed by atoms with van der Waals surface area (Å²) in [5, 5.41) is 10.3. The van der Waals surface area contributed by atoms with Crippen molar-refractivity contribution in [2.24, 2.45) is 0 Å². The van der Waals surface area contributed by atoms with Crippen LogP contribution >= 0.6 is 0 Å². The maximum atomic E-state index is 2.54. The Morgan fingerprint density at radius 1 is 0.229 bits per heavy atom. The average Bonchev–Trinajstić information content (AvgIpc) is 3.94. The zero-order valence-electron chi connectivity index (χ0n) is 39.8. The Morgan fingerprint density at radius 2 is 0.557 bits per heavy atom. The van der Waals surface area contributed by atoms with E-state index in [0.29, 0.717) is 0 Å². The predicted octanol–water partition coefficient (Wildman–Crippen LogP) is 19.2. The fraction of sp³-hybridized carbons (Fsp3) is 0.0857. The lowest BCUT2D eigenvalue weighted by Gasteiger charge is -2.25. The molecule has 12 aromatic carbocycles. The van der Waals surface area contributed by atoms with Crippen molar-refractivity contribution < 1.29 is 0 Å². The maximum absolute atomic E-state index is 2.54. The molecule has 0 heteroatoms. The molecular weight excluding hydrogens is 841 g/mol. The number of fused-ring (bicyclic) bond motifs is 12. The third-order valence-corrected chi connectivity index (χ3v) is 16.8. The highest BCUT2D eigenvalue weighted by Crippen LogP contribution is 2.60. The monoisotopic (exact) mass is 888 g/mol. The van der Waals surface area contributed by atoms with Gasteiger partial charge in [0.1, 0.15) is 0 Å². The molecule has 0 nitrogen and oxygen atoms in total. The average molecular weight is 889 g/mol. The highest BCUT2D eigenvalue weighted by Gasteiger charge is 2.39.